The maximum atomic E-state index is 13.3. The molecule has 1 aliphatic carbocycles. The first-order chi connectivity index (χ1) is 9.70. The number of rotatable bonds is 6. The molecular weight excluding hydrogens is 327 g/mol. The zero-order valence-corrected chi connectivity index (χ0v) is 12.3. The molecule has 1 aromatic carbocycles. The summed E-state index contributed by atoms with van der Waals surface area (Å²) in [4.78, 5) is 0. The maximum absolute atomic E-state index is 13.3. The van der Waals surface area contributed by atoms with E-state index in [0.717, 1.165) is 5.69 Å². The molecule has 1 N–H and O–H groups in total. The zero-order chi connectivity index (χ0) is 13.9. The standard InChI is InChI=1S/C14H14BrFN2O2/c15-13-4-3-11(6-14(13)16)19-8-12-5-10(18-20-12)7-17-9-1-2-9/h3-6,9,17H,1-2,7-8H2. The molecule has 1 aromatic heterocycles. The number of nitrogens with zero attached hydrogens (tertiary/aromatic N) is 1. The van der Waals surface area contributed by atoms with Crippen molar-refractivity contribution in [3.05, 3.63) is 46.0 Å². The smallest absolute Gasteiger partial charge is 0.174 e. The Morgan fingerprint density at radius 2 is 2.25 bits per heavy atom. The minimum atomic E-state index is -0.352. The molecule has 0 unspecified atom stereocenters. The van der Waals surface area contributed by atoms with E-state index in [1.165, 1.54) is 18.9 Å². The van der Waals surface area contributed by atoms with E-state index in [1.807, 2.05) is 6.07 Å². The van der Waals surface area contributed by atoms with Crippen molar-refractivity contribution in [2.45, 2.75) is 32.0 Å². The van der Waals surface area contributed by atoms with Gasteiger partial charge in [0.25, 0.3) is 0 Å². The third kappa shape index (κ3) is 3.58. The fourth-order valence-corrected chi connectivity index (χ4v) is 2.01. The van der Waals surface area contributed by atoms with Crippen molar-refractivity contribution in [3.63, 3.8) is 0 Å². The summed E-state index contributed by atoms with van der Waals surface area (Å²) in [5.74, 6) is 0.732. The molecule has 0 aliphatic heterocycles. The Morgan fingerprint density at radius 1 is 1.40 bits per heavy atom. The number of aromatic nitrogens is 1. The van der Waals surface area contributed by atoms with Crippen LogP contribution < -0.4 is 10.1 Å². The zero-order valence-electron chi connectivity index (χ0n) is 10.7. The first kappa shape index (κ1) is 13.6. The summed E-state index contributed by atoms with van der Waals surface area (Å²) in [6.07, 6.45) is 2.48. The molecule has 1 aliphatic rings. The molecule has 0 bridgehead atoms. The molecule has 4 nitrogen and oxygen atoms in total. The van der Waals surface area contributed by atoms with E-state index < -0.39 is 0 Å². The molecule has 0 atom stereocenters. The van der Waals surface area contributed by atoms with Crippen molar-refractivity contribution in [3.8, 4) is 5.75 Å². The van der Waals surface area contributed by atoms with Crippen LogP contribution >= 0.6 is 15.9 Å². The van der Waals surface area contributed by atoms with Crippen LogP contribution in [-0.4, -0.2) is 11.2 Å². The van der Waals surface area contributed by atoms with E-state index in [4.69, 9.17) is 9.26 Å². The van der Waals surface area contributed by atoms with Crippen molar-refractivity contribution in [1.82, 2.24) is 10.5 Å². The van der Waals surface area contributed by atoms with Crippen molar-refractivity contribution < 1.29 is 13.7 Å². The van der Waals surface area contributed by atoms with Gasteiger partial charge in [-0.2, -0.15) is 0 Å². The van der Waals surface area contributed by atoms with Crippen LogP contribution in [0.15, 0.2) is 33.3 Å². The van der Waals surface area contributed by atoms with E-state index in [9.17, 15) is 4.39 Å². The van der Waals surface area contributed by atoms with Crippen LogP contribution in [0.1, 0.15) is 24.3 Å². The lowest BCUT2D eigenvalue weighted by Gasteiger charge is -2.04. The van der Waals surface area contributed by atoms with Gasteiger partial charge < -0.3 is 14.6 Å². The number of hydrogen-bond acceptors (Lipinski definition) is 4. The summed E-state index contributed by atoms with van der Waals surface area (Å²) in [7, 11) is 0. The van der Waals surface area contributed by atoms with Gasteiger partial charge in [-0.15, -0.1) is 0 Å². The summed E-state index contributed by atoms with van der Waals surface area (Å²) < 4.78 is 24.4. The molecule has 2 aromatic rings. The predicted molar refractivity (Wildman–Crippen MR) is 74.8 cm³/mol. The normalized spacial score (nSPS) is 14.5. The SMILES string of the molecule is Fc1cc(OCc2cc(CNC3CC3)no2)ccc1Br. The van der Waals surface area contributed by atoms with Crippen LogP contribution in [0.25, 0.3) is 0 Å². The predicted octanol–water partition coefficient (Wildman–Crippen LogP) is 3.41. The summed E-state index contributed by atoms with van der Waals surface area (Å²) in [6, 6.07) is 7.12. The molecule has 0 spiro atoms. The van der Waals surface area contributed by atoms with Gasteiger partial charge in [0.2, 0.25) is 0 Å². The van der Waals surface area contributed by atoms with Gasteiger partial charge in [-0.05, 0) is 40.9 Å². The van der Waals surface area contributed by atoms with E-state index >= 15 is 0 Å². The highest BCUT2D eigenvalue weighted by Gasteiger charge is 2.20. The van der Waals surface area contributed by atoms with E-state index in [1.54, 1.807) is 12.1 Å². The molecule has 20 heavy (non-hydrogen) atoms. The Hall–Kier alpha value is -1.40. The average molecular weight is 341 g/mol. The highest BCUT2D eigenvalue weighted by molar-refractivity contribution is 9.10. The highest BCUT2D eigenvalue weighted by atomic mass is 79.9. The van der Waals surface area contributed by atoms with Crippen LogP contribution in [0.5, 0.6) is 5.75 Å². The second-order valence-corrected chi connectivity index (χ2v) is 5.66. The van der Waals surface area contributed by atoms with Crippen molar-refractivity contribution in [2.24, 2.45) is 0 Å². The Balaban J connectivity index is 1.53. The average Bonchev–Trinajstić information content (AvgIpc) is 3.16. The Bertz CT molecular complexity index is 599. The fourth-order valence-electron chi connectivity index (χ4n) is 1.76. The molecule has 0 saturated heterocycles. The van der Waals surface area contributed by atoms with Gasteiger partial charge in [0.05, 0.1) is 10.2 Å². The van der Waals surface area contributed by atoms with Gasteiger partial charge in [0, 0.05) is 24.7 Å². The van der Waals surface area contributed by atoms with Crippen LogP contribution in [-0.2, 0) is 13.2 Å². The van der Waals surface area contributed by atoms with E-state index in [0.29, 0.717) is 28.6 Å². The quantitative estimate of drug-likeness (QED) is 0.875. The molecule has 3 rings (SSSR count). The van der Waals surface area contributed by atoms with Gasteiger partial charge in [0.15, 0.2) is 5.76 Å². The van der Waals surface area contributed by atoms with Crippen molar-refractivity contribution >= 4 is 15.9 Å². The molecular formula is C14H14BrFN2O2. The number of benzene rings is 1. The Morgan fingerprint density at radius 3 is 3.00 bits per heavy atom. The monoisotopic (exact) mass is 340 g/mol. The van der Waals surface area contributed by atoms with Gasteiger partial charge >= 0.3 is 0 Å². The van der Waals surface area contributed by atoms with Crippen LogP contribution in [0.3, 0.4) is 0 Å². The second-order valence-electron chi connectivity index (χ2n) is 4.80. The minimum absolute atomic E-state index is 0.234. The van der Waals surface area contributed by atoms with Crippen molar-refractivity contribution in [1.29, 1.82) is 0 Å². The Kier molecular flexibility index (Phi) is 4.03. The maximum Gasteiger partial charge on any atom is 0.174 e. The fraction of sp³-hybridized carbons (Fsp3) is 0.357. The first-order valence-electron chi connectivity index (χ1n) is 6.46. The number of hydrogen-bond donors (Lipinski definition) is 1. The third-order valence-corrected chi connectivity index (χ3v) is 3.67. The van der Waals surface area contributed by atoms with E-state index in [2.05, 4.69) is 26.4 Å². The molecule has 1 saturated carbocycles. The lowest BCUT2D eigenvalue weighted by Crippen LogP contribution is -2.15. The van der Waals surface area contributed by atoms with Gasteiger partial charge in [0.1, 0.15) is 18.2 Å². The van der Waals surface area contributed by atoms with Crippen LogP contribution in [0.2, 0.25) is 0 Å². The molecule has 106 valence electrons. The lowest BCUT2D eigenvalue weighted by molar-refractivity contribution is 0.247. The largest absolute Gasteiger partial charge is 0.485 e. The molecule has 0 radical (unpaired) electrons. The molecule has 1 heterocycles. The highest BCUT2D eigenvalue weighted by Crippen LogP contribution is 2.22. The molecule has 6 heteroatoms. The summed E-state index contributed by atoms with van der Waals surface area (Å²) >= 11 is 3.10. The number of halogens is 2. The topological polar surface area (TPSA) is 47.3 Å². The molecule has 0 amide bonds. The van der Waals surface area contributed by atoms with E-state index in [-0.39, 0.29) is 12.4 Å². The van der Waals surface area contributed by atoms with Crippen LogP contribution in [0, 0.1) is 5.82 Å². The summed E-state index contributed by atoms with van der Waals surface area (Å²) in [6.45, 7) is 0.943. The Labute approximate surface area is 124 Å². The minimum Gasteiger partial charge on any atom is -0.485 e. The van der Waals surface area contributed by atoms with Crippen molar-refractivity contribution in [2.75, 3.05) is 0 Å². The second kappa shape index (κ2) is 5.93. The molecule has 1 fully saturated rings. The van der Waals surface area contributed by atoms with Gasteiger partial charge in [-0.1, -0.05) is 5.16 Å². The van der Waals surface area contributed by atoms with Crippen LogP contribution in [0.4, 0.5) is 4.39 Å². The summed E-state index contributed by atoms with van der Waals surface area (Å²) in [5, 5.41) is 7.32. The first-order valence-corrected chi connectivity index (χ1v) is 7.26. The lowest BCUT2D eigenvalue weighted by atomic mass is 10.3. The number of ether oxygens (including phenoxy) is 1. The van der Waals surface area contributed by atoms with Gasteiger partial charge in [-0.3, -0.25) is 0 Å². The van der Waals surface area contributed by atoms with Gasteiger partial charge in [-0.25, -0.2) is 4.39 Å². The summed E-state index contributed by atoms with van der Waals surface area (Å²) in [5.41, 5.74) is 0.859. The third-order valence-electron chi connectivity index (χ3n) is 3.03. The number of nitrogens with one attached hydrogen (secondary N) is 1.